The summed E-state index contributed by atoms with van der Waals surface area (Å²) in [5.41, 5.74) is 5.65. The molecule has 1 aliphatic rings. The van der Waals surface area contributed by atoms with E-state index in [1.54, 1.807) is 26.0 Å². The lowest BCUT2D eigenvalue weighted by Gasteiger charge is -2.36. The van der Waals surface area contributed by atoms with Gasteiger partial charge in [0.1, 0.15) is 11.6 Å². The molecule has 12 nitrogen and oxygen atoms in total. The Bertz CT molecular complexity index is 2680. The second kappa shape index (κ2) is 17.7. The fourth-order valence-corrected chi connectivity index (χ4v) is 9.35. The Hall–Kier alpha value is -6.80. The molecule has 0 fully saturated rings. The summed E-state index contributed by atoms with van der Waals surface area (Å²) >= 11 is 0. The Balaban J connectivity index is 1.14. The summed E-state index contributed by atoms with van der Waals surface area (Å²) in [4.78, 5) is 28.1. The molecule has 7 aromatic rings. The highest BCUT2D eigenvalue weighted by Gasteiger charge is 2.42. The van der Waals surface area contributed by atoms with E-state index in [9.17, 15) is 18.0 Å². The first kappa shape index (κ1) is 41.9. The molecular formula is C49H47N7O5S. The monoisotopic (exact) mass is 845 g/mol. The van der Waals surface area contributed by atoms with Crippen molar-refractivity contribution in [1.29, 1.82) is 0 Å². The lowest BCUT2D eigenvalue weighted by atomic mass is 9.77. The van der Waals surface area contributed by atoms with E-state index in [0.717, 1.165) is 51.7 Å². The van der Waals surface area contributed by atoms with Gasteiger partial charge in [0, 0.05) is 28.8 Å². The Kier molecular flexibility index (Phi) is 11.9. The smallest absolute Gasteiger partial charge is 0.336 e. The Labute approximate surface area is 361 Å². The highest BCUT2D eigenvalue weighted by Crippen LogP contribution is 2.43. The molecule has 1 aliphatic heterocycles. The van der Waals surface area contributed by atoms with Crippen LogP contribution in [0.5, 0.6) is 0 Å². The number of carbonyl (C=O) groups is 2. The number of nitrogens with zero attached hydrogens (tertiary/aromatic N) is 4. The molecule has 2 atom stereocenters. The number of aryl methyl sites for hydroxylation is 1. The van der Waals surface area contributed by atoms with E-state index in [2.05, 4.69) is 61.2 Å². The summed E-state index contributed by atoms with van der Waals surface area (Å²) in [6.45, 7) is 3.19. The second-order valence-electron chi connectivity index (χ2n) is 16.0. The van der Waals surface area contributed by atoms with E-state index < -0.39 is 39.4 Å². The van der Waals surface area contributed by atoms with E-state index in [-0.39, 0.29) is 12.2 Å². The van der Waals surface area contributed by atoms with Gasteiger partial charge in [0.2, 0.25) is 5.91 Å². The SMILES string of the molecule is COS(=O)(=O)NC(C)(C)CC(=O)N[C@@H]1CCc2ccccc2NC1C(=O)c1ccc(-c2ccccc2-c2nnnn2C(c2ccccc2)(c2ccccc2)c2ccccc2)cc1. The quantitative estimate of drug-likeness (QED) is 0.0742. The first-order chi connectivity index (χ1) is 30.0. The third-order valence-corrected chi connectivity index (χ3v) is 12.6. The molecule has 6 aromatic carbocycles. The van der Waals surface area contributed by atoms with Gasteiger partial charge in [-0.15, -0.1) is 5.10 Å². The first-order valence-corrected chi connectivity index (χ1v) is 21.8. The average molecular weight is 846 g/mol. The van der Waals surface area contributed by atoms with Gasteiger partial charge in [0.15, 0.2) is 11.6 Å². The summed E-state index contributed by atoms with van der Waals surface area (Å²) in [5.74, 6) is -0.0571. The van der Waals surface area contributed by atoms with Gasteiger partial charge in [-0.1, -0.05) is 158 Å². The summed E-state index contributed by atoms with van der Waals surface area (Å²) in [5, 5.41) is 20.2. The number of fused-ring (bicyclic) bond motifs is 1. The third-order valence-electron chi connectivity index (χ3n) is 11.3. The van der Waals surface area contributed by atoms with E-state index >= 15 is 0 Å². The Morgan fingerprint density at radius 1 is 0.742 bits per heavy atom. The highest BCUT2D eigenvalue weighted by atomic mass is 32.2. The number of aromatic nitrogens is 4. The minimum absolute atomic E-state index is 0.180. The van der Waals surface area contributed by atoms with Gasteiger partial charge in [-0.3, -0.25) is 13.8 Å². The molecule has 1 unspecified atom stereocenters. The third kappa shape index (κ3) is 8.55. The van der Waals surface area contributed by atoms with Crippen molar-refractivity contribution in [3.05, 3.63) is 192 Å². The van der Waals surface area contributed by atoms with Crippen molar-refractivity contribution >= 4 is 27.7 Å². The maximum absolute atomic E-state index is 14.6. The van der Waals surface area contributed by atoms with Gasteiger partial charge in [-0.25, -0.2) is 4.68 Å². The number of carbonyl (C=O) groups excluding carboxylic acids is 2. The van der Waals surface area contributed by atoms with Crippen molar-refractivity contribution in [3.8, 4) is 22.5 Å². The fraction of sp³-hybridized carbons (Fsp3) is 0.204. The number of hydrogen-bond acceptors (Lipinski definition) is 9. The van der Waals surface area contributed by atoms with Crippen LogP contribution in [0.25, 0.3) is 22.5 Å². The van der Waals surface area contributed by atoms with Crippen LogP contribution in [0.2, 0.25) is 0 Å². The van der Waals surface area contributed by atoms with Gasteiger partial charge in [-0.2, -0.15) is 13.1 Å². The van der Waals surface area contributed by atoms with Gasteiger partial charge in [0.25, 0.3) is 0 Å². The zero-order chi connectivity index (χ0) is 43.3. The maximum atomic E-state index is 14.6. The molecule has 3 N–H and O–H groups in total. The predicted molar refractivity (Wildman–Crippen MR) is 239 cm³/mol. The number of nitrogens with one attached hydrogen (secondary N) is 3. The first-order valence-electron chi connectivity index (χ1n) is 20.4. The summed E-state index contributed by atoms with van der Waals surface area (Å²) < 4.78 is 33.1. The minimum Gasteiger partial charge on any atom is -0.373 e. The van der Waals surface area contributed by atoms with Crippen LogP contribution in [-0.4, -0.2) is 65.0 Å². The van der Waals surface area contributed by atoms with Crippen LogP contribution < -0.4 is 15.4 Å². The van der Waals surface area contributed by atoms with Crippen LogP contribution in [0.3, 0.4) is 0 Å². The van der Waals surface area contributed by atoms with Gasteiger partial charge >= 0.3 is 10.3 Å². The number of rotatable bonds is 14. The van der Waals surface area contributed by atoms with Crippen molar-refractivity contribution in [3.63, 3.8) is 0 Å². The number of hydrogen-bond donors (Lipinski definition) is 3. The zero-order valence-corrected chi connectivity index (χ0v) is 35.4. The number of Topliss-reactive ketones (excluding diaryl/α,β-unsaturated/α-hetero) is 1. The largest absolute Gasteiger partial charge is 0.373 e. The zero-order valence-electron chi connectivity index (χ0n) is 34.6. The molecule has 314 valence electrons. The molecule has 0 radical (unpaired) electrons. The molecular weight excluding hydrogens is 799 g/mol. The normalized spacial score (nSPS) is 15.5. The number of para-hydroxylation sites is 1. The van der Waals surface area contributed by atoms with Crippen molar-refractivity contribution < 1.29 is 22.2 Å². The Morgan fingerprint density at radius 2 is 1.29 bits per heavy atom. The van der Waals surface area contributed by atoms with Crippen LogP contribution in [0.4, 0.5) is 5.69 Å². The van der Waals surface area contributed by atoms with E-state index in [1.165, 1.54) is 0 Å². The number of amides is 1. The van der Waals surface area contributed by atoms with Crippen molar-refractivity contribution in [2.45, 2.75) is 56.3 Å². The summed E-state index contributed by atoms with van der Waals surface area (Å²) in [7, 11) is -3.00. The van der Waals surface area contributed by atoms with Crippen LogP contribution >= 0.6 is 0 Å². The molecule has 1 amide bonds. The number of benzene rings is 6. The summed E-state index contributed by atoms with van der Waals surface area (Å²) in [6.07, 6.45) is 0.917. The number of anilines is 1. The van der Waals surface area contributed by atoms with Crippen molar-refractivity contribution in [2.24, 2.45) is 0 Å². The van der Waals surface area contributed by atoms with Crippen LogP contribution in [0.15, 0.2) is 164 Å². The van der Waals surface area contributed by atoms with Gasteiger partial charge < -0.3 is 10.6 Å². The highest BCUT2D eigenvalue weighted by molar-refractivity contribution is 7.84. The minimum atomic E-state index is -4.05. The van der Waals surface area contributed by atoms with E-state index in [0.29, 0.717) is 24.2 Å². The van der Waals surface area contributed by atoms with Gasteiger partial charge in [0.05, 0.1) is 13.2 Å². The molecule has 1 aromatic heterocycles. The fourth-order valence-electron chi connectivity index (χ4n) is 8.51. The molecule has 0 saturated heterocycles. The van der Waals surface area contributed by atoms with Crippen LogP contribution in [-0.2, 0) is 31.2 Å². The average Bonchev–Trinajstić information content (AvgIpc) is 3.70. The van der Waals surface area contributed by atoms with E-state index in [1.807, 2.05) is 120 Å². The lowest BCUT2D eigenvalue weighted by molar-refractivity contribution is -0.122. The molecule has 0 aliphatic carbocycles. The Morgan fingerprint density at radius 3 is 1.89 bits per heavy atom. The second-order valence-corrected chi connectivity index (χ2v) is 17.4. The lowest BCUT2D eigenvalue weighted by Crippen LogP contribution is -2.53. The molecule has 2 heterocycles. The standard InChI is InChI=1S/C49H47N7O5S/c1-48(2,53-62(59,60)61-3)33-44(57)50-43-32-31-35-17-13-16-26-42(35)51-45(43)46(58)36-29-27-34(28-30-36)40-24-14-15-25-41(40)47-52-54-55-56(47)49(37-18-7-4-8-19-37,38-20-9-5-10-21-38)39-22-11-6-12-23-39/h4-30,43,45,51,53H,31-33H2,1-3H3,(H,50,57)/t43-,45?/m1/s1. The van der Waals surface area contributed by atoms with Crippen LogP contribution in [0.1, 0.15) is 59.3 Å². The molecule has 0 bridgehead atoms. The number of ketones is 1. The van der Waals surface area contributed by atoms with Gasteiger partial charge in [-0.05, 0) is 76.6 Å². The van der Waals surface area contributed by atoms with Crippen LogP contribution in [0, 0.1) is 0 Å². The van der Waals surface area contributed by atoms with Crippen molar-refractivity contribution in [1.82, 2.24) is 30.2 Å². The number of tetrazole rings is 1. The topological polar surface area (TPSA) is 157 Å². The van der Waals surface area contributed by atoms with Crippen molar-refractivity contribution in [2.75, 3.05) is 12.4 Å². The van der Waals surface area contributed by atoms with E-state index in [4.69, 9.17) is 10.3 Å². The molecule has 62 heavy (non-hydrogen) atoms. The summed E-state index contributed by atoms with van der Waals surface area (Å²) in [6, 6.07) is 52.5. The molecule has 8 rings (SSSR count). The molecule has 13 heteroatoms. The molecule has 0 saturated carbocycles. The maximum Gasteiger partial charge on any atom is 0.336 e. The molecule has 0 spiro atoms. The predicted octanol–water partition coefficient (Wildman–Crippen LogP) is 7.59.